The fourth-order valence-electron chi connectivity index (χ4n) is 2.96. The Bertz CT molecular complexity index is 1120. The zero-order valence-electron chi connectivity index (χ0n) is 15.0. The molecule has 6 heteroatoms. The number of hydrogen-bond acceptors (Lipinski definition) is 3. The largest absolute Gasteiger partial charge is 0.322 e. The van der Waals surface area contributed by atoms with Gasteiger partial charge < -0.3 is 10.6 Å². The van der Waals surface area contributed by atoms with Crippen molar-refractivity contribution in [2.75, 3.05) is 10.6 Å². The van der Waals surface area contributed by atoms with Gasteiger partial charge in [-0.15, -0.1) is 0 Å². The summed E-state index contributed by atoms with van der Waals surface area (Å²) in [5.41, 5.74) is 4.49. The van der Waals surface area contributed by atoms with Gasteiger partial charge in [0.15, 0.2) is 0 Å². The predicted molar refractivity (Wildman–Crippen MR) is 112 cm³/mol. The molecule has 0 saturated carbocycles. The minimum absolute atomic E-state index is 0.204. The summed E-state index contributed by atoms with van der Waals surface area (Å²) in [6.07, 6.45) is 0. The first-order valence-electron chi connectivity index (χ1n) is 8.68. The summed E-state index contributed by atoms with van der Waals surface area (Å²) in [6.45, 7) is 1.94. The second-order valence-electron chi connectivity index (χ2n) is 6.42. The number of para-hydroxylation sites is 1. The van der Waals surface area contributed by atoms with Crippen LogP contribution < -0.4 is 10.6 Å². The molecular weight excluding hydrogens is 374 g/mol. The van der Waals surface area contributed by atoms with Gasteiger partial charge in [0.2, 0.25) is 0 Å². The smallest absolute Gasteiger partial charge is 0.275 e. The second kappa shape index (κ2) is 7.29. The lowest BCUT2D eigenvalue weighted by Gasteiger charge is -2.08. The minimum atomic E-state index is -0.279. The zero-order chi connectivity index (χ0) is 19.7. The van der Waals surface area contributed by atoms with Crippen LogP contribution in [0.3, 0.4) is 0 Å². The van der Waals surface area contributed by atoms with E-state index in [4.69, 9.17) is 11.6 Å². The van der Waals surface area contributed by atoms with Gasteiger partial charge in [-0.05, 0) is 61.0 Å². The fourth-order valence-corrected chi connectivity index (χ4v) is 3.13. The van der Waals surface area contributed by atoms with Crippen molar-refractivity contribution in [1.29, 1.82) is 0 Å². The zero-order valence-corrected chi connectivity index (χ0v) is 15.7. The molecule has 0 radical (unpaired) electrons. The highest BCUT2D eigenvalue weighted by Crippen LogP contribution is 2.28. The van der Waals surface area contributed by atoms with E-state index in [1.54, 1.807) is 42.5 Å². The van der Waals surface area contributed by atoms with Crippen LogP contribution in [0.1, 0.15) is 21.5 Å². The molecule has 2 N–H and O–H groups in total. The molecule has 0 aromatic heterocycles. The molecule has 5 nitrogen and oxygen atoms in total. The Labute approximate surface area is 167 Å². The van der Waals surface area contributed by atoms with Gasteiger partial charge in [-0.2, -0.15) is 0 Å². The van der Waals surface area contributed by atoms with Crippen molar-refractivity contribution in [2.24, 2.45) is 4.99 Å². The summed E-state index contributed by atoms with van der Waals surface area (Å²) >= 11 is 6.03. The molecule has 1 heterocycles. The number of nitrogens with zero attached hydrogens (tertiary/aromatic N) is 1. The third-order valence-corrected chi connectivity index (χ3v) is 4.70. The lowest BCUT2D eigenvalue weighted by Crippen LogP contribution is -2.14. The molecule has 0 atom stereocenters. The van der Waals surface area contributed by atoms with E-state index in [0.29, 0.717) is 33.2 Å². The molecule has 4 rings (SSSR count). The number of aryl methyl sites for hydroxylation is 1. The molecule has 1 aliphatic rings. The Kier molecular flexibility index (Phi) is 4.67. The highest BCUT2D eigenvalue weighted by Gasteiger charge is 2.26. The monoisotopic (exact) mass is 389 g/mol. The Hall–Kier alpha value is -3.44. The third-order valence-electron chi connectivity index (χ3n) is 4.46. The van der Waals surface area contributed by atoms with Crippen LogP contribution in [0.4, 0.5) is 17.1 Å². The number of nitrogens with one attached hydrogen (secondary N) is 2. The Morgan fingerprint density at radius 1 is 1.04 bits per heavy atom. The average molecular weight is 390 g/mol. The van der Waals surface area contributed by atoms with Crippen molar-refractivity contribution < 1.29 is 9.59 Å². The topological polar surface area (TPSA) is 70.6 Å². The number of anilines is 2. The molecule has 0 unspecified atom stereocenters. The summed E-state index contributed by atoms with van der Waals surface area (Å²) in [4.78, 5) is 29.1. The third kappa shape index (κ3) is 3.52. The molecule has 0 spiro atoms. The molecule has 138 valence electrons. The molecule has 2 amide bonds. The van der Waals surface area contributed by atoms with E-state index in [2.05, 4.69) is 15.6 Å². The number of aliphatic imine (C=N–C) groups is 1. The van der Waals surface area contributed by atoms with Gasteiger partial charge in [0.1, 0.15) is 5.71 Å². The quantitative estimate of drug-likeness (QED) is 0.663. The molecule has 0 aliphatic carbocycles. The Morgan fingerprint density at radius 3 is 2.54 bits per heavy atom. The van der Waals surface area contributed by atoms with E-state index in [1.165, 1.54) is 0 Å². The first kappa shape index (κ1) is 17.9. The number of fused-ring (bicyclic) bond motifs is 1. The molecule has 3 aromatic rings. The average Bonchev–Trinajstić information content (AvgIpc) is 2.99. The van der Waals surface area contributed by atoms with Crippen LogP contribution in [-0.2, 0) is 4.79 Å². The molecule has 3 aromatic carbocycles. The van der Waals surface area contributed by atoms with E-state index >= 15 is 0 Å². The first-order valence-corrected chi connectivity index (χ1v) is 9.06. The summed E-state index contributed by atoms with van der Waals surface area (Å²) < 4.78 is 0. The van der Waals surface area contributed by atoms with Crippen molar-refractivity contribution in [3.05, 3.63) is 88.4 Å². The van der Waals surface area contributed by atoms with E-state index in [9.17, 15) is 9.59 Å². The highest BCUT2D eigenvalue weighted by molar-refractivity contribution is 6.54. The molecule has 28 heavy (non-hydrogen) atoms. The van der Waals surface area contributed by atoms with Gasteiger partial charge in [-0.3, -0.25) is 9.59 Å². The molecule has 0 fully saturated rings. The molecular formula is C22H16ClN3O2. The summed E-state index contributed by atoms with van der Waals surface area (Å²) in [6, 6.07) is 19.5. The predicted octanol–water partition coefficient (Wildman–Crippen LogP) is 4.97. The maximum absolute atomic E-state index is 12.4. The van der Waals surface area contributed by atoms with E-state index in [-0.39, 0.29) is 11.8 Å². The Morgan fingerprint density at radius 2 is 1.79 bits per heavy atom. The van der Waals surface area contributed by atoms with Crippen LogP contribution in [0.2, 0.25) is 5.02 Å². The van der Waals surface area contributed by atoms with Gasteiger partial charge in [-0.25, -0.2) is 4.99 Å². The molecule has 0 saturated heterocycles. The van der Waals surface area contributed by atoms with Crippen molar-refractivity contribution in [1.82, 2.24) is 0 Å². The van der Waals surface area contributed by atoms with E-state index in [0.717, 1.165) is 11.3 Å². The SMILES string of the molecule is Cc1ccccc1NC(=O)c1ccc(N=C2C(=O)Nc3ccc(Cl)cc32)cc1. The summed E-state index contributed by atoms with van der Waals surface area (Å²) in [7, 11) is 0. The highest BCUT2D eigenvalue weighted by atomic mass is 35.5. The normalized spacial score (nSPS) is 13.9. The maximum Gasteiger partial charge on any atom is 0.275 e. The molecule has 1 aliphatic heterocycles. The van der Waals surface area contributed by atoms with Gasteiger partial charge in [0.25, 0.3) is 11.8 Å². The lowest BCUT2D eigenvalue weighted by atomic mass is 10.1. The Balaban J connectivity index is 1.57. The number of halogens is 1. The van der Waals surface area contributed by atoms with Gasteiger partial charge in [0.05, 0.1) is 11.4 Å². The van der Waals surface area contributed by atoms with Crippen molar-refractivity contribution in [3.63, 3.8) is 0 Å². The summed E-state index contributed by atoms with van der Waals surface area (Å²) in [5.74, 6) is -0.483. The summed E-state index contributed by atoms with van der Waals surface area (Å²) in [5, 5.41) is 6.19. The number of amides is 2. The fraction of sp³-hybridized carbons (Fsp3) is 0.0455. The van der Waals surface area contributed by atoms with Crippen LogP contribution in [-0.4, -0.2) is 17.5 Å². The van der Waals surface area contributed by atoms with E-state index < -0.39 is 0 Å². The van der Waals surface area contributed by atoms with Crippen LogP contribution >= 0.6 is 11.6 Å². The van der Waals surface area contributed by atoms with E-state index in [1.807, 2.05) is 31.2 Å². The van der Waals surface area contributed by atoms with Crippen LogP contribution in [0, 0.1) is 6.92 Å². The number of rotatable bonds is 3. The maximum atomic E-state index is 12.4. The molecule has 0 bridgehead atoms. The van der Waals surface area contributed by atoms with Crippen LogP contribution in [0.15, 0.2) is 71.7 Å². The van der Waals surface area contributed by atoms with Gasteiger partial charge in [0, 0.05) is 21.8 Å². The van der Waals surface area contributed by atoms with Crippen molar-refractivity contribution in [2.45, 2.75) is 6.92 Å². The first-order chi connectivity index (χ1) is 13.5. The number of benzene rings is 3. The van der Waals surface area contributed by atoms with Gasteiger partial charge in [-0.1, -0.05) is 29.8 Å². The van der Waals surface area contributed by atoms with Gasteiger partial charge >= 0.3 is 0 Å². The van der Waals surface area contributed by atoms with Crippen molar-refractivity contribution >= 4 is 46.2 Å². The van der Waals surface area contributed by atoms with Crippen LogP contribution in [0.25, 0.3) is 0 Å². The number of carbonyl (C=O) groups is 2. The standard InChI is InChI=1S/C22H16ClN3O2/c1-13-4-2-3-5-18(13)25-21(27)14-6-9-16(10-7-14)24-20-17-12-15(23)8-11-19(17)26-22(20)28/h2-12H,1H3,(H,25,27)(H,24,26,28). The minimum Gasteiger partial charge on any atom is -0.322 e. The second-order valence-corrected chi connectivity index (χ2v) is 6.86. The van der Waals surface area contributed by atoms with Crippen LogP contribution in [0.5, 0.6) is 0 Å². The lowest BCUT2D eigenvalue weighted by molar-refractivity contribution is -0.110. The number of hydrogen-bond donors (Lipinski definition) is 2. The van der Waals surface area contributed by atoms with Crippen molar-refractivity contribution in [3.8, 4) is 0 Å². The number of carbonyl (C=O) groups excluding carboxylic acids is 2.